The van der Waals surface area contributed by atoms with E-state index in [1.165, 1.54) is 4.90 Å². The van der Waals surface area contributed by atoms with Gasteiger partial charge in [0.2, 0.25) is 0 Å². The Labute approximate surface area is 109 Å². The molecule has 102 valence electrons. The highest BCUT2D eigenvalue weighted by Gasteiger charge is 2.37. The minimum atomic E-state index is -0.925. The number of aliphatic carboxylic acids is 1. The number of carbonyl (C=O) groups excluding carboxylic acids is 1. The second-order valence-corrected chi connectivity index (χ2v) is 4.83. The molecular weight excluding hydrogens is 250 g/mol. The van der Waals surface area contributed by atoms with Crippen molar-refractivity contribution in [2.45, 2.75) is 32.0 Å². The molecule has 1 aromatic rings. The lowest BCUT2D eigenvalue weighted by atomic mass is 10.2. The van der Waals surface area contributed by atoms with Crippen molar-refractivity contribution in [3.8, 4) is 0 Å². The van der Waals surface area contributed by atoms with Gasteiger partial charge in [-0.2, -0.15) is 0 Å². The highest BCUT2D eigenvalue weighted by atomic mass is 16.4. The molecular formula is C11H15N5O3. The van der Waals surface area contributed by atoms with Gasteiger partial charge in [-0.1, -0.05) is 0 Å². The van der Waals surface area contributed by atoms with E-state index >= 15 is 0 Å². The number of hydrogen-bond acceptors (Lipinski definition) is 4. The van der Waals surface area contributed by atoms with Crippen LogP contribution in [0.3, 0.4) is 0 Å². The summed E-state index contributed by atoms with van der Waals surface area (Å²) in [5.74, 6) is -0.184. The standard InChI is InChI=1S/C11H15N5O3/c17-10(18)8-2-1-3-16(8)11(19)14-4-5-15-7-12-13-9(15)6-14/h7-8H,1-6H2,(H,17,18)/t8-/m1/s1. The van der Waals surface area contributed by atoms with Crippen molar-refractivity contribution >= 4 is 12.0 Å². The summed E-state index contributed by atoms with van der Waals surface area (Å²) in [6, 6.07) is -0.897. The second kappa shape index (κ2) is 4.52. The van der Waals surface area contributed by atoms with Crippen LogP contribution in [0.5, 0.6) is 0 Å². The van der Waals surface area contributed by atoms with Crippen LogP contribution in [0.2, 0.25) is 0 Å². The molecule has 1 saturated heterocycles. The molecule has 2 amide bonds. The summed E-state index contributed by atoms with van der Waals surface area (Å²) >= 11 is 0. The number of carbonyl (C=O) groups is 2. The summed E-state index contributed by atoms with van der Waals surface area (Å²) in [5.41, 5.74) is 0. The van der Waals surface area contributed by atoms with Gasteiger partial charge in [-0.05, 0) is 12.8 Å². The zero-order chi connectivity index (χ0) is 13.4. The van der Waals surface area contributed by atoms with Crippen molar-refractivity contribution in [1.82, 2.24) is 24.6 Å². The minimum absolute atomic E-state index is 0.209. The van der Waals surface area contributed by atoms with Gasteiger partial charge in [0.15, 0.2) is 5.82 Å². The number of amides is 2. The maximum Gasteiger partial charge on any atom is 0.326 e. The van der Waals surface area contributed by atoms with Crippen LogP contribution in [0.25, 0.3) is 0 Å². The van der Waals surface area contributed by atoms with Gasteiger partial charge >= 0.3 is 12.0 Å². The zero-order valence-electron chi connectivity index (χ0n) is 10.4. The lowest BCUT2D eigenvalue weighted by molar-refractivity contribution is -0.141. The smallest absolute Gasteiger partial charge is 0.326 e. The number of carboxylic acids is 1. The molecule has 0 spiro atoms. The van der Waals surface area contributed by atoms with Crippen LogP contribution in [0.1, 0.15) is 18.7 Å². The SMILES string of the molecule is O=C(O)[C@H]1CCCN1C(=O)N1CCn2cnnc2C1. The normalized spacial score (nSPS) is 22.4. The van der Waals surface area contributed by atoms with Gasteiger partial charge in [0.1, 0.15) is 12.4 Å². The Morgan fingerprint density at radius 2 is 2.16 bits per heavy atom. The highest BCUT2D eigenvalue weighted by molar-refractivity contribution is 5.83. The van der Waals surface area contributed by atoms with E-state index in [4.69, 9.17) is 5.11 Å². The first-order valence-corrected chi connectivity index (χ1v) is 6.32. The fraction of sp³-hybridized carbons (Fsp3) is 0.636. The fourth-order valence-electron chi connectivity index (χ4n) is 2.66. The second-order valence-electron chi connectivity index (χ2n) is 4.83. The third-order valence-electron chi connectivity index (χ3n) is 3.69. The number of nitrogens with zero attached hydrogens (tertiary/aromatic N) is 5. The van der Waals surface area contributed by atoms with Crippen LogP contribution in [0.15, 0.2) is 6.33 Å². The molecule has 8 heteroatoms. The largest absolute Gasteiger partial charge is 0.480 e. The van der Waals surface area contributed by atoms with Crippen LogP contribution in [-0.2, 0) is 17.9 Å². The van der Waals surface area contributed by atoms with Gasteiger partial charge in [0, 0.05) is 19.6 Å². The van der Waals surface area contributed by atoms with Gasteiger partial charge in [-0.15, -0.1) is 10.2 Å². The summed E-state index contributed by atoms with van der Waals surface area (Å²) in [6.45, 7) is 2.12. The predicted octanol–water partition coefficient (Wildman–Crippen LogP) is -0.237. The molecule has 1 atom stereocenters. The predicted molar refractivity (Wildman–Crippen MR) is 63.2 cm³/mol. The molecule has 19 heavy (non-hydrogen) atoms. The van der Waals surface area contributed by atoms with Crippen LogP contribution in [0.4, 0.5) is 4.79 Å². The first kappa shape index (κ1) is 11.9. The van der Waals surface area contributed by atoms with Gasteiger partial charge in [0.05, 0.1) is 6.54 Å². The van der Waals surface area contributed by atoms with E-state index in [2.05, 4.69) is 10.2 Å². The number of aromatic nitrogens is 3. The average Bonchev–Trinajstić information content (AvgIpc) is 3.05. The number of carboxylic acid groups (broad SMARTS) is 1. The number of hydrogen-bond donors (Lipinski definition) is 1. The third-order valence-corrected chi connectivity index (χ3v) is 3.69. The first-order valence-electron chi connectivity index (χ1n) is 6.32. The topological polar surface area (TPSA) is 91.6 Å². The van der Waals surface area contributed by atoms with Gasteiger partial charge in [-0.25, -0.2) is 9.59 Å². The summed E-state index contributed by atoms with van der Waals surface area (Å²) < 4.78 is 1.91. The zero-order valence-corrected chi connectivity index (χ0v) is 10.4. The molecule has 0 bridgehead atoms. The van der Waals surface area contributed by atoms with E-state index in [0.717, 1.165) is 12.2 Å². The van der Waals surface area contributed by atoms with Crippen molar-refractivity contribution in [2.24, 2.45) is 0 Å². The van der Waals surface area contributed by atoms with E-state index in [-0.39, 0.29) is 6.03 Å². The Bertz CT molecular complexity index is 514. The number of fused-ring (bicyclic) bond motifs is 1. The lowest BCUT2D eigenvalue weighted by Gasteiger charge is -2.32. The van der Waals surface area contributed by atoms with Crippen LogP contribution >= 0.6 is 0 Å². The van der Waals surface area contributed by atoms with Gasteiger partial charge in [0.25, 0.3) is 0 Å². The molecule has 1 N–H and O–H groups in total. The van der Waals surface area contributed by atoms with Crippen molar-refractivity contribution in [2.75, 3.05) is 13.1 Å². The Morgan fingerprint density at radius 1 is 1.32 bits per heavy atom. The molecule has 0 aliphatic carbocycles. The molecule has 2 aliphatic heterocycles. The molecule has 8 nitrogen and oxygen atoms in total. The maximum atomic E-state index is 12.4. The van der Waals surface area contributed by atoms with Crippen molar-refractivity contribution in [3.63, 3.8) is 0 Å². The number of rotatable bonds is 1. The number of urea groups is 1. The molecule has 0 unspecified atom stereocenters. The van der Waals surface area contributed by atoms with Crippen molar-refractivity contribution in [1.29, 1.82) is 0 Å². The molecule has 3 heterocycles. The summed E-state index contributed by atoms with van der Waals surface area (Å²) in [7, 11) is 0. The average molecular weight is 265 g/mol. The molecule has 0 saturated carbocycles. The Kier molecular flexibility index (Phi) is 2.84. The lowest BCUT2D eigenvalue weighted by Crippen LogP contribution is -2.50. The summed E-state index contributed by atoms with van der Waals surface area (Å²) in [6.07, 6.45) is 2.92. The van der Waals surface area contributed by atoms with E-state index in [9.17, 15) is 9.59 Å². The van der Waals surface area contributed by atoms with E-state index in [1.54, 1.807) is 11.2 Å². The summed E-state index contributed by atoms with van der Waals surface area (Å²) in [4.78, 5) is 26.6. The van der Waals surface area contributed by atoms with Crippen LogP contribution in [-0.4, -0.2) is 60.8 Å². The minimum Gasteiger partial charge on any atom is -0.480 e. The molecule has 1 aromatic heterocycles. The molecule has 3 rings (SSSR count). The van der Waals surface area contributed by atoms with Crippen LogP contribution in [0, 0.1) is 0 Å². The maximum absolute atomic E-state index is 12.4. The van der Waals surface area contributed by atoms with Gasteiger partial charge in [-0.3, -0.25) is 0 Å². The quantitative estimate of drug-likeness (QED) is 0.756. The third kappa shape index (κ3) is 2.02. The van der Waals surface area contributed by atoms with E-state index in [1.807, 2.05) is 4.57 Å². The van der Waals surface area contributed by atoms with E-state index in [0.29, 0.717) is 32.6 Å². The molecule has 0 radical (unpaired) electrons. The fourth-order valence-corrected chi connectivity index (χ4v) is 2.66. The Morgan fingerprint density at radius 3 is 2.95 bits per heavy atom. The van der Waals surface area contributed by atoms with Crippen LogP contribution < -0.4 is 0 Å². The monoisotopic (exact) mass is 265 g/mol. The molecule has 1 fully saturated rings. The first-order chi connectivity index (χ1) is 9.16. The van der Waals surface area contributed by atoms with E-state index < -0.39 is 12.0 Å². The summed E-state index contributed by atoms with van der Waals surface area (Å²) in [5, 5.41) is 16.9. The molecule has 0 aromatic carbocycles. The molecule has 2 aliphatic rings. The number of likely N-dealkylation sites (tertiary alicyclic amines) is 1. The Hall–Kier alpha value is -2.12. The Balaban J connectivity index is 1.73. The van der Waals surface area contributed by atoms with Crippen molar-refractivity contribution < 1.29 is 14.7 Å². The van der Waals surface area contributed by atoms with Crippen molar-refractivity contribution in [3.05, 3.63) is 12.2 Å². The highest BCUT2D eigenvalue weighted by Crippen LogP contribution is 2.21. The van der Waals surface area contributed by atoms with Gasteiger partial charge < -0.3 is 19.5 Å².